The van der Waals surface area contributed by atoms with Crippen molar-refractivity contribution in [3.05, 3.63) is 57.5 Å². The highest BCUT2D eigenvalue weighted by atomic mass is 32.1. The third kappa shape index (κ3) is 6.22. The molecule has 0 bridgehead atoms. The molecule has 0 saturated carbocycles. The first-order chi connectivity index (χ1) is 18.9. The Bertz CT molecular complexity index is 1320. The van der Waals surface area contributed by atoms with Crippen molar-refractivity contribution < 1.29 is 38.0 Å². The molecule has 0 radical (unpaired) electrons. The molecule has 1 aliphatic heterocycles. The van der Waals surface area contributed by atoms with E-state index in [2.05, 4.69) is 5.32 Å². The molecular formula is C29H33NO8S. The zero-order valence-electron chi connectivity index (χ0n) is 22.8. The van der Waals surface area contributed by atoms with Crippen LogP contribution in [0.25, 0.3) is 0 Å². The van der Waals surface area contributed by atoms with Gasteiger partial charge < -0.3 is 33.7 Å². The van der Waals surface area contributed by atoms with Crippen LogP contribution in [0.4, 0.5) is 5.00 Å². The highest BCUT2D eigenvalue weighted by molar-refractivity contribution is 7.17. The summed E-state index contributed by atoms with van der Waals surface area (Å²) in [4.78, 5) is 27.4. The fourth-order valence-corrected chi connectivity index (χ4v) is 5.42. The molecule has 1 aromatic heterocycles. The van der Waals surface area contributed by atoms with E-state index in [-0.39, 0.29) is 13.4 Å². The predicted octanol–water partition coefficient (Wildman–Crippen LogP) is 6.00. The molecule has 0 fully saturated rings. The number of amides is 1. The maximum absolute atomic E-state index is 13.5. The molecule has 1 amide bonds. The summed E-state index contributed by atoms with van der Waals surface area (Å²) in [5.41, 5.74) is 2.39. The number of rotatable bonds is 12. The van der Waals surface area contributed by atoms with Gasteiger partial charge in [0.05, 0.1) is 32.0 Å². The maximum atomic E-state index is 13.5. The molecule has 4 rings (SSSR count). The third-order valence-corrected chi connectivity index (χ3v) is 7.13. The molecular weight excluding hydrogens is 522 g/mol. The van der Waals surface area contributed by atoms with Gasteiger partial charge in [-0.25, -0.2) is 4.79 Å². The Labute approximate surface area is 231 Å². The highest BCUT2D eigenvalue weighted by Crippen LogP contribution is 2.41. The smallest absolute Gasteiger partial charge is 0.341 e. The summed E-state index contributed by atoms with van der Waals surface area (Å²) in [6.07, 6.45) is 0.543. The predicted molar refractivity (Wildman–Crippen MR) is 148 cm³/mol. The Balaban J connectivity index is 1.68. The molecule has 208 valence electrons. The molecule has 0 aliphatic carbocycles. The quantitative estimate of drug-likeness (QED) is 0.272. The van der Waals surface area contributed by atoms with Gasteiger partial charge in [-0.3, -0.25) is 4.79 Å². The van der Waals surface area contributed by atoms with Gasteiger partial charge in [-0.2, -0.15) is 0 Å². The molecule has 9 nitrogen and oxygen atoms in total. The van der Waals surface area contributed by atoms with Gasteiger partial charge >= 0.3 is 5.97 Å². The fourth-order valence-electron chi connectivity index (χ4n) is 4.20. The summed E-state index contributed by atoms with van der Waals surface area (Å²) >= 11 is 1.34. The van der Waals surface area contributed by atoms with Crippen molar-refractivity contribution in [3.8, 4) is 28.7 Å². The molecule has 39 heavy (non-hydrogen) atoms. The van der Waals surface area contributed by atoms with Crippen LogP contribution in [0.2, 0.25) is 0 Å². The first kappa shape index (κ1) is 28.1. The van der Waals surface area contributed by atoms with Gasteiger partial charge in [0.15, 0.2) is 23.0 Å². The molecule has 0 spiro atoms. The number of hydrogen-bond donors (Lipinski definition) is 1. The van der Waals surface area contributed by atoms with Crippen molar-refractivity contribution in [2.45, 2.75) is 41.0 Å². The Morgan fingerprint density at radius 2 is 1.56 bits per heavy atom. The normalized spacial score (nSPS) is 11.7. The Kier molecular flexibility index (Phi) is 9.19. The van der Waals surface area contributed by atoms with Crippen molar-refractivity contribution in [2.75, 3.05) is 38.5 Å². The van der Waals surface area contributed by atoms with E-state index in [0.29, 0.717) is 71.1 Å². The number of anilines is 1. The topological polar surface area (TPSA) is 102 Å². The number of carbonyl (C=O) groups is 2. The minimum atomic E-state index is -0.491. The molecule has 3 aromatic rings. The van der Waals surface area contributed by atoms with Crippen molar-refractivity contribution in [1.29, 1.82) is 0 Å². The number of ether oxygens (including phenoxy) is 6. The Morgan fingerprint density at radius 1 is 0.897 bits per heavy atom. The molecule has 2 aromatic carbocycles. The summed E-state index contributed by atoms with van der Waals surface area (Å²) in [5.74, 6) is 1.75. The summed E-state index contributed by atoms with van der Waals surface area (Å²) in [6.45, 7) is 10.8. The minimum absolute atomic E-state index is 0.196. The van der Waals surface area contributed by atoms with Gasteiger partial charge in [0.25, 0.3) is 5.91 Å². The second-order valence-corrected chi connectivity index (χ2v) is 9.60. The van der Waals surface area contributed by atoms with Gasteiger partial charge in [0.1, 0.15) is 5.00 Å². The van der Waals surface area contributed by atoms with Gasteiger partial charge in [-0.1, -0.05) is 6.07 Å². The van der Waals surface area contributed by atoms with Crippen LogP contribution in [0, 0.1) is 6.92 Å². The van der Waals surface area contributed by atoms with Crippen LogP contribution < -0.4 is 29.0 Å². The van der Waals surface area contributed by atoms with Crippen LogP contribution in [-0.4, -0.2) is 45.1 Å². The van der Waals surface area contributed by atoms with Gasteiger partial charge in [0.2, 0.25) is 12.5 Å². The molecule has 0 saturated heterocycles. The monoisotopic (exact) mass is 555 g/mol. The number of fused-ring (bicyclic) bond motifs is 1. The van der Waals surface area contributed by atoms with Gasteiger partial charge in [0, 0.05) is 16.9 Å². The number of carbonyl (C=O) groups excluding carboxylic acids is 2. The van der Waals surface area contributed by atoms with Crippen molar-refractivity contribution in [2.24, 2.45) is 0 Å². The highest BCUT2D eigenvalue weighted by Gasteiger charge is 2.26. The van der Waals surface area contributed by atoms with E-state index in [1.54, 1.807) is 19.1 Å². The van der Waals surface area contributed by atoms with Crippen LogP contribution >= 0.6 is 11.3 Å². The number of hydrogen-bond acceptors (Lipinski definition) is 9. The van der Waals surface area contributed by atoms with Gasteiger partial charge in [-0.05, 0) is 70.0 Å². The average Bonchev–Trinajstić information content (AvgIpc) is 3.50. The summed E-state index contributed by atoms with van der Waals surface area (Å²) in [7, 11) is 0. The van der Waals surface area contributed by atoms with Crippen LogP contribution in [0.3, 0.4) is 0 Å². The Morgan fingerprint density at radius 3 is 2.21 bits per heavy atom. The molecule has 1 aliphatic rings. The standard InChI is InChI=1S/C29H33NO8S/c1-6-33-22-14-19(15-23(34-7-2)26(22)35-8-3)27(31)30-28-25(29(32)36-9-4)17(5)24(39-28)13-18-10-11-20-21(12-18)38-16-37-20/h10-12,14-15H,6-9,13,16H2,1-5H3,(H,30,31). The maximum Gasteiger partial charge on any atom is 0.341 e. The summed E-state index contributed by atoms with van der Waals surface area (Å²) in [5, 5.41) is 3.34. The molecule has 1 N–H and O–H groups in total. The molecule has 10 heteroatoms. The van der Waals surface area contributed by atoms with Crippen molar-refractivity contribution in [3.63, 3.8) is 0 Å². The second kappa shape index (κ2) is 12.8. The second-order valence-electron chi connectivity index (χ2n) is 8.49. The SMILES string of the molecule is CCOC(=O)c1c(NC(=O)c2cc(OCC)c(OCC)c(OCC)c2)sc(Cc2ccc3c(c2)OCO3)c1C. The lowest BCUT2D eigenvalue weighted by molar-refractivity contribution is 0.0527. The van der Waals surface area contributed by atoms with E-state index in [4.69, 9.17) is 28.4 Å². The van der Waals surface area contributed by atoms with Crippen LogP contribution in [0.1, 0.15) is 64.4 Å². The van der Waals surface area contributed by atoms with Gasteiger partial charge in [-0.15, -0.1) is 11.3 Å². The molecule has 2 heterocycles. The van der Waals surface area contributed by atoms with Crippen molar-refractivity contribution >= 4 is 28.2 Å². The number of thiophene rings is 1. The van der Waals surface area contributed by atoms with Crippen molar-refractivity contribution in [1.82, 2.24) is 0 Å². The summed E-state index contributed by atoms with van der Waals surface area (Å²) < 4.78 is 33.5. The first-order valence-electron chi connectivity index (χ1n) is 13.0. The van der Waals surface area contributed by atoms with E-state index in [1.807, 2.05) is 45.9 Å². The zero-order chi connectivity index (χ0) is 27.9. The third-order valence-electron chi connectivity index (χ3n) is 5.93. The lowest BCUT2D eigenvalue weighted by Crippen LogP contribution is -2.15. The molecule has 0 unspecified atom stereocenters. The van der Waals surface area contributed by atoms with E-state index < -0.39 is 11.9 Å². The van der Waals surface area contributed by atoms with E-state index in [9.17, 15) is 9.59 Å². The largest absolute Gasteiger partial charge is 0.490 e. The summed E-state index contributed by atoms with van der Waals surface area (Å²) in [6, 6.07) is 8.98. The average molecular weight is 556 g/mol. The van der Waals surface area contributed by atoms with Crippen LogP contribution in [0.15, 0.2) is 30.3 Å². The zero-order valence-corrected chi connectivity index (χ0v) is 23.6. The minimum Gasteiger partial charge on any atom is -0.490 e. The lowest BCUT2D eigenvalue weighted by atomic mass is 10.1. The number of esters is 1. The Hall–Kier alpha value is -3.92. The number of nitrogens with one attached hydrogen (secondary N) is 1. The molecule has 0 atom stereocenters. The lowest BCUT2D eigenvalue weighted by Gasteiger charge is -2.17. The van der Waals surface area contributed by atoms with Crippen LogP contribution in [-0.2, 0) is 11.2 Å². The van der Waals surface area contributed by atoms with E-state index in [0.717, 1.165) is 16.0 Å². The van der Waals surface area contributed by atoms with E-state index >= 15 is 0 Å². The fraction of sp³-hybridized carbons (Fsp3) is 0.379. The van der Waals surface area contributed by atoms with Crippen LogP contribution in [0.5, 0.6) is 28.7 Å². The number of benzene rings is 2. The first-order valence-corrected chi connectivity index (χ1v) is 13.8. The van der Waals surface area contributed by atoms with E-state index in [1.165, 1.54) is 11.3 Å².